The fraction of sp³-hybridized carbons (Fsp3) is 0.609. The molecule has 1 aliphatic heterocycles. The van der Waals surface area contributed by atoms with Crippen LogP contribution in [0.4, 0.5) is 0 Å². The molecule has 2 aromatic rings. The summed E-state index contributed by atoms with van der Waals surface area (Å²) < 4.78 is 34.9. The molecule has 0 saturated carbocycles. The molecule has 1 saturated heterocycles. The first-order valence-corrected chi connectivity index (χ1v) is 12.6. The molecule has 2 heterocycles. The van der Waals surface area contributed by atoms with Gasteiger partial charge in [0.2, 0.25) is 10.0 Å². The number of morpholine rings is 1. The van der Waals surface area contributed by atoms with Gasteiger partial charge in [-0.3, -0.25) is 9.69 Å². The number of Topliss-reactive ketones (excluding diaryl/α,β-unsaturated/α-hetero) is 1. The number of benzene rings is 1. The number of nitrogens with zero attached hydrogens (tertiary/aromatic N) is 1. The molecule has 1 aliphatic carbocycles. The summed E-state index contributed by atoms with van der Waals surface area (Å²) in [5.74, 6) is 0.127. The fourth-order valence-corrected chi connectivity index (χ4v) is 6.38. The molecule has 1 fully saturated rings. The van der Waals surface area contributed by atoms with Crippen molar-refractivity contribution in [2.45, 2.75) is 57.9 Å². The number of ketones is 1. The highest BCUT2D eigenvalue weighted by atomic mass is 32.2. The minimum Gasteiger partial charge on any atom is -0.379 e. The van der Waals surface area contributed by atoms with E-state index in [0.29, 0.717) is 43.7 Å². The SMILES string of the molecule is CCC(CN1CCOCC1)NS(=O)(=O)c1cc2[nH]c3c(c2cc1C)C(=O)CC(C)(C)C3. The van der Waals surface area contributed by atoms with Crippen LogP contribution in [0.1, 0.15) is 55.2 Å². The van der Waals surface area contributed by atoms with Crippen LogP contribution in [0.3, 0.4) is 0 Å². The van der Waals surface area contributed by atoms with Crippen molar-refractivity contribution in [1.29, 1.82) is 0 Å². The van der Waals surface area contributed by atoms with Crippen molar-refractivity contribution < 1.29 is 17.9 Å². The van der Waals surface area contributed by atoms with E-state index >= 15 is 0 Å². The van der Waals surface area contributed by atoms with E-state index in [1.54, 1.807) is 13.0 Å². The standard InChI is InChI=1S/C23H33N3O4S/c1-5-16(14-26-6-8-30-9-7-26)25-31(28,29)21-11-18-17(10-15(21)2)22-19(24-18)12-23(3,4)13-20(22)27/h10-11,16,24-25H,5-9,12-14H2,1-4H3. The first-order valence-electron chi connectivity index (χ1n) is 11.1. The van der Waals surface area contributed by atoms with Gasteiger partial charge in [0.15, 0.2) is 5.78 Å². The van der Waals surface area contributed by atoms with Crippen LogP contribution >= 0.6 is 0 Å². The molecule has 1 unspecified atom stereocenters. The fourth-order valence-electron chi connectivity index (χ4n) is 4.82. The Morgan fingerprint density at radius 2 is 1.94 bits per heavy atom. The Hall–Kier alpha value is -1.74. The second kappa shape index (κ2) is 8.31. The van der Waals surface area contributed by atoms with Crippen LogP contribution in [0.5, 0.6) is 0 Å². The zero-order valence-electron chi connectivity index (χ0n) is 18.9. The minimum atomic E-state index is -3.70. The maximum Gasteiger partial charge on any atom is 0.241 e. The quantitative estimate of drug-likeness (QED) is 0.710. The molecule has 2 aliphatic rings. The largest absolute Gasteiger partial charge is 0.379 e. The number of hydrogen-bond donors (Lipinski definition) is 2. The number of hydrogen-bond acceptors (Lipinski definition) is 5. The molecule has 2 N–H and O–H groups in total. The monoisotopic (exact) mass is 447 g/mol. The number of nitrogens with one attached hydrogen (secondary N) is 2. The van der Waals surface area contributed by atoms with E-state index < -0.39 is 10.0 Å². The summed E-state index contributed by atoms with van der Waals surface area (Å²) in [7, 11) is -3.70. The smallest absolute Gasteiger partial charge is 0.241 e. The highest BCUT2D eigenvalue weighted by Crippen LogP contribution is 2.39. The van der Waals surface area contributed by atoms with E-state index in [-0.39, 0.29) is 22.1 Å². The highest BCUT2D eigenvalue weighted by Gasteiger charge is 2.34. The number of ether oxygens (including phenoxy) is 1. The molecule has 1 aromatic heterocycles. The van der Waals surface area contributed by atoms with Crippen LogP contribution in [0.2, 0.25) is 0 Å². The molecule has 170 valence electrons. The second-order valence-corrected chi connectivity index (χ2v) is 11.4. The van der Waals surface area contributed by atoms with Gasteiger partial charge in [-0.1, -0.05) is 20.8 Å². The lowest BCUT2D eigenvalue weighted by molar-refractivity contribution is 0.0344. The van der Waals surface area contributed by atoms with Crippen LogP contribution in [0.15, 0.2) is 17.0 Å². The van der Waals surface area contributed by atoms with E-state index in [2.05, 4.69) is 28.5 Å². The molecule has 1 aromatic carbocycles. The number of aromatic nitrogens is 1. The van der Waals surface area contributed by atoms with Crippen LogP contribution in [0.25, 0.3) is 10.9 Å². The average Bonchev–Trinajstić information content (AvgIpc) is 3.03. The van der Waals surface area contributed by atoms with Crippen molar-refractivity contribution in [2.24, 2.45) is 5.41 Å². The van der Waals surface area contributed by atoms with E-state index in [0.717, 1.165) is 36.2 Å². The van der Waals surface area contributed by atoms with Gasteiger partial charge in [0.05, 0.1) is 18.1 Å². The zero-order valence-corrected chi connectivity index (χ0v) is 19.7. The molecule has 0 radical (unpaired) electrons. The maximum atomic E-state index is 13.3. The Kier molecular flexibility index (Phi) is 6.02. The topological polar surface area (TPSA) is 91.5 Å². The van der Waals surface area contributed by atoms with Gasteiger partial charge in [0.1, 0.15) is 0 Å². The summed E-state index contributed by atoms with van der Waals surface area (Å²) in [6.45, 7) is 11.7. The second-order valence-electron chi connectivity index (χ2n) is 9.72. The van der Waals surface area contributed by atoms with Crippen molar-refractivity contribution >= 4 is 26.7 Å². The number of aryl methyl sites for hydroxylation is 1. The Balaban J connectivity index is 1.63. The highest BCUT2D eigenvalue weighted by molar-refractivity contribution is 7.89. The summed E-state index contributed by atoms with van der Waals surface area (Å²) in [6.07, 6.45) is 1.99. The van der Waals surface area contributed by atoms with Gasteiger partial charge in [0, 0.05) is 54.3 Å². The molecule has 0 amide bonds. The predicted molar refractivity (Wildman–Crippen MR) is 121 cm³/mol. The van der Waals surface area contributed by atoms with Crippen molar-refractivity contribution in [3.63, 3.8) is 0 Å². The van der Waals surface area contributed by atoms with E-state index in [1.807, 2.05) is 13.0 Å². The Labute approximate surface area is 184 Å². The third-order valence-corrected chi connectivity index (χ3v) is 8.09. The average molecular weight is 448 g/mol. The molecule has 0 spiro atoms. The van der Waals surface area contributed by atoms with Gasteiger partial charge in [0.25, 0.3) is 0 Å². The minimum absolute atomic E-state index is 0.0930. The number of sulfonamides is 1. The molecule has 1 atom stereocenters. The third kappa shape index (κ3) is 4.58. The normalized spacial score (nSPS) is 20.7. The van der Waals surface area contributed by atoms with Crippen molar-refractivity contribution in [1.82, 2.24) is 14.6 Å². The van der Waals surface area contributed by atoms with Gasteiger partial charge >= 0.3 is 0 Å². The molecule has 31 heavy (non-hydrogen) atoms. The van der Waals surface area contributed by atoms with Gasteiger partial charge in [-0.05, 0) is 42.9 Å². The van der Waals surface area contributed by atoms with Gasteiger partial charge < -0.3 is 9.72 Å². The number of rotatable bonds is 6. The molecule has 0 bridgehead atoms. The third-order valence-electron chi connectivity index (χ3n) is 6.43. The van der Waals surface area contributed by atoms with E-state index in [9.17, 15) is 13.2 Å². The first-order chi connectivity index (χ1) is 14.6. The summed E-state index contributed by atoms with van der Waals surface area (Å²) in [5.41, 5.74) is 2.92. The number of carbonyl (C=O) groups is 1. The van der Waals surface area contributed by atoms with E-state index in [4.69, 9.17) is 4.74 Å². The van der Waals surface area contributed by atoms with Crippen LogP contribution in [0, 0.1) is 12.3 Å². The maximum absolute atomic E-state index is 13.3. The number of fused-ring (bicyclic) bond motifs is 3. The lowest BCUT2D eigenvalue weighted by Crippen LogP contribution is -2.47. The van der Waals surface area contributed by atoms with Crippen molar-refractivity contribution in [3.8, 4) is 0 Å². The molecular weight excluding hydrogens is 414 g/mol. The van der Waals surface area contributed by atoms with Crippen LogP contribution in [-0.4, -0.2) is 63.0 Å². The van der Waals surface area contributed by atoms with Crippen LogP contribution < -0.4 is 4.72 Å². The first kappa shape index (κ1) is 22.5. The summed E-state index contributed by atoms with van der Waals surface area (Å²) in [6, 6.07) is 3.36. The summed E-state index contributed by atoms with van der Waals surface area (Å²) in [5, 5.41) is 0.826. The Morgan fingerprint density at radius 3 is 2.61 bits per heavy atom. The number of H-pyrrole nitrogens is 1. The molecule has 7 nitrogen and oxygen atoms in total. The molecule has 4 rings (SSSR count). The number of aromatic amines is 1. The summed E-state index contributed by atoms with van der Waals surface area (Å²) in [4.78, 5) is 18.6. The lowest BCUT2D eigenvalue weighted by atomic mass is 9.76. The lowest BCUT2D eigenvalue weighted by Gasteiger charge is -2.30. The van der Waals surface area contributed by atoms with E-state index in [1.165, 1.54) is 0 Å². The van der Waals surface area contributed by atoms with Crippen LogP contribution in [-0.2, 0) is 21.2 Å². The predicted octanol–water partition coefficient (Wildman–Crippen LogP) is 3.02. The Morgan fingerprint density at radius 1 is 1.23 bits per heavy atom. The number of carbonyl (C=O) groups excluding carboxylic acids is 1. The Bertz CT molecular complexity index is 1100. The molecule has 8 heteroatoms. The van der Waals surface area contributed by atoms with Crippen molar-refractivity contribution in [2.75, 3.05) is 32.8 Å². The van der Waals surface area contributed by atoms with Crippen molar-refractivity contribution in [3.05, 3.63) is 29.0 Å². The molecular formula is C23H33N3O4S. The zero-order chi connectivity index (χ0) is 22.4. The van der Waals surface area contributed by atoms with Gasteiger partial charge in [-0.25, -0.2) is 13.1 Å². The van der Waals surface area contributed by atoms with Gasteiger partial charge in [-0.15, -0.1) is 0 Å². The van der Waals surface area contributed by atoms with Gasteiger partial charge in [-0.2, -0.15) is 0 Å². The summed E-state index contributed by atoms with van der Waals surface area (Å²) >= 11 is 0.